The third kappa shape index (κ3) is 7.20. The van der Waals surface area contributed by atoms with Crippen molar-refractivity contribution < 1.29 is 23.8 Å². The summed E-state index contributed by atoms with van der Waals surface area (Å²) in [6.45, 7) is 4.50. The van der Waals surface area contributed by atoms with E-state index in [1.54, 1.807) is 37.3 Å². The minimum absolute atomic E-state index is 0.158. The molecule has 2 aromatic carbocycles. The maximum atomic E-state index is 13.1. The van der Waals surface area contributed by atoms with Crippen LogP contribution in [0.3, 0.4) is 0 Å². The summed E-state index contributed by atoms with van der Waals surface area (Å²) in [7, 11) is 3.10. The smallest absolute Gasteiger partial charge is 0.261 e. The molecule has 0 saturated heterocycles. The molecule has 7 nitrogen and oxygen atoms in total. The molecule has 0 radical (unpaired) electrons. The van der Waals surface area contributed by atoms with Crippen molar-refractivity contribution in [1.82, 2.24) is 10.2 Å². The van der Waals surface area contributed by atoms with Gasteiger partial charge in [-0.15, -0.1) is 0 Å². The number of nitrogens with zero attached hydrogens (tertiary/aromatic N) is 1. The highest BCUT2D eigenvalue weighted by molar-refractivity contribution is 5.88. The number of carbonyl (C=O) groups excluding carboxylic acids is 2. The Hall–Kier alpha value is -3.22. The fraction of sp³-hybridized carbons (Fsp3) is 0.417. The normalized spacial score (nSPS) is 11.4. The lowest BCUT2D eigenvalue weighted by Gasteiger charge is -2.30. The molecule has 0 heterocycles. The fourth-order valence-electron chi connectivity index (χ4n) is 3.28. The second-order valence-electron chi connectivity index (χ2n) is 6.98. The largest absolute Gasteiger partial charge is 0.496 e. The molecule has 0 spiro atoms. The number of methoxy groups -OCH3 is 2. The van der Waals surface area contributed by atoms with E-state index in [-0.39, 0.29) is 18.4 Å². The maximum absolute atomic E-state index is 13.1. The third-order valence-electron chi connectivity index (χ3n) is 4.91. The van der Waals surface area contributed by atoms with Crippen molar-refractivity contribution in [3.8, 4) is 17.2 Å². The van der Waals surface area contributed by atoms with Gasteiger partial charge in [-0.1, -0.05) is 37.3 Å². The Bertz CT molecular complexity index is 819. The number of hydrogen-bond acceptors (Lipinski definition) is 5. The molecule has 2 rings (SSSR count). The lowest BCUT2D eigenvalue weighted by molar-refractivity contribution is -0.142. The summed E-state index contributed by atoms with van der Waals surface area (Å²) < 4.78 is 16.2. The van der Waals surface area contributed by atoms with Crippen LogP contribution in [0.25, 0.3) is 0 Å². The van der Waals surface area contributed by atoms with E-state index in [4.69, 9.17) is 14.2 Å². The highest BCUT2D eigenvalue weighted by Crippen LogP contribution is 2.27. The molecule has 1 atom stereocenters. The van der Waals surface area contributed by atoms with Gasteiger partial charge in [-0.3, -0.25) is 9.59 Å². The van der Waals surface area contributed by atoms with E-state index in [0.717, 1.165) is 5.56 Å². The molecule has 0 fully saturated rings. The van der Waals surface area contributed by atoms with Gasteiger partial charge in [-0.05, 0) is 25.3 Å². The van der Waals surface area contributed by atoms with Crippen LogP contribution >= 0.6 is 0 Å². The Morgan fingerprint density at radius 3 is 2.13 bits per heavy atom. The summed E-state index contributed by atoms with van der Waals surface area (Å²) in [5.74, 6) is 1.18. The Balaban J connectivity index is 2.15. The number of rotatable bonds is 12. The van der Waals surface area contributed by atoms with Crippen molar-refractivity contribution in [2.45, 2.75) is 32.7 Å². The van der Waals surface area contributed by atoms with Crippen molar-refractivity contribution in [2.75, 3.05) is 33.9 Å². The van der Waals surface area contributed by atoms with Crippen LogP contribution in [0.5, 0.6) is 17.2 Å². The number of amides is 2. The first-order valence-corrected chi connectivity index (χ1v) is 10.5. The lowest BCUT2D eigenvalue weighted by atomic mass is 10.1. The Kier molecular flexibility index (Phi) is 9.68. The molecule has 0 aliphatic heterocycles. The van der Waals surface area contributed by atoms with Crippen molar-refractivity contribution in [1.29, 1.82) is 0 Å². The van der Waals surface area contributed by atoms with Gasteiger partial charge in [-0.25, -0.2) is 0 Å². The molecule has 31 heavy (non-hydrogen) atoms. The summed E-state index contributed by atoms with van der Waals surface area (Å²) in [4.78, 5) is 27.3. The maximum Gasteiger partial charge on any atom is 0.261 e. The van der Waals surface area contributed by atoms with E-state index in [1.165, 1.54) is 0 Å². The zero-order valence-electron chi connectivity index (χ0n) is 18.7. The first-order valence-electron chi connectivity index (χ1n) is 10.5. The predicted octanol–water partition coefficient (Wildman–Crippen LogP) is 3.07. The van der Waals surface area contributed by atoms with Crippen LogP contribution in [0, 0.1) is 0 Å². The van der Waals surface area contributed by atoms with Crippen LogP contribution < -0.4 is 19.5 Å². The molecule has 2 amide bonds. The summed E-state index contributed by atoms with van der Waals surface area (Å²) in [6, 6.07) is 14.4. The summed E-state index contributed by atoms with van der Waals surface area (Å²) >= 11 is 0. The number of carbonyl (C=O) groups is 2. The minimum Gasteiger partial charge on any atom is -0.496 e. The highest BCUT2D eigenvalue weighted by Gasteiger charge is 2.28. The second kappa shape index (κ2) is 12.5. The summed E-state index contributed by atoms with van der Waals surface area (Å²) in [5, 5.41) is 2.83. The molecule has 0 aliphatic rings. The lowest BCUT2D eigenvalue weighted by Crippen LogP contribution is -2.51. The van der Waals surface area contributed by atoms with Crippen LogP contribution in [0.2, 0.25) is 0 Å². The molecule has 7 heteroatoms. The van der Waals surface area contributed by atoms with E-state index in [0.29, 0.717) is 43.2 Å². The summed E-state index contributed by atoms with van der Waals surface area (Å²) in [5.41, 5.74) is 1.10. The molecule has 1 N–H and O–H groups in total. The number of ether oxygens (including phenoxy) is 3. The number of benzene rings is 2. The highest BCUT2D eigenvalue weighted by atomic mass is 16.5. The zero-order valence-corrected chi connectivity index (χ0v) is 18.7. The van der Waals surface area contributed by atoms with Crippen molar-refractivity contribution in [3.63, 3.8) is 0 Å². The molecular formula is C24H32N2O5. The van der Waals surface area contributed by atoms with E-state index in [1.807, 2.05) is 44.2 Å². The second-order valence-corrected chi connectivity index (χ2v) is 6.98. The Morgan fingerprint density at radius 1 is 0.968 bits per heavy atom. The van der Waals surface area contributed by atoms with E-state index in [9.17, 15) is 9.59 Å². The van der Waals surface area contributed by atoms with Crippen LogP contribution in [-0.4, -0.2) is 56.7 Å². The number of hydrogen-bond donors (Lipinski definition) is 1. The molecule has 0 aromatic heterocycles. The van der Waals surface area contributed by atoms with Crippen LogP contribution in [-0.2, 0) is 16.0 Å². The van der Waals surface area contributed by atoms with Gasteiger partial charge in [0.25, 0.3) is 5.91 Å². The topological polar surface area (TPSA) is 77.1 Å². The first kappa shape index (κ1) is 24.1. The third-order valence-corrected chi connectivity index (χ3v) is 4.91. The Labute approximate surface area is 184 Å². The standard InChI is InChI=1S/C24H32N2O5/c1-5-22(24(28)25-6-2)26(13-12-18-10-8-7-9-11-18)23(27)17-31-21-15-19(29-3)14-20(16-21)30-4/h7-11,14-16,22H,5-6,12-13,17H2,1-4H3,(H,25,28)/t22-/m1/s1. The van der Waals surface area contributed by atoms with Gasteiger partial charge < -0.3 is 24.4 Å². The van der Waals surface area contributed by atoms with E-state index in [2.05, 4.69) is 5.32 Å². The average Bonchev–Trinajstić information content (AvgIpc) is 2.80. The predicted molar refractivity (Wildman–Crippen MR) is 120 cm³/mol. The molecule has 2 aromatic rings. The van der Waals surface area contributed by atoms with Gasteiger partial charge in [0.1, 0.15) is 23.3 Å². The SMILES string of the molecule is CCNC(=O)[C@@H](CC)N(CCc1ccccc1)C(=O)COc1cc(OC)cc(OC)c1. The average molecular weight is 429 g/mol. The number of likely N-dealkylation sites (N-methyl/N-ethyl adjacent to an activating group) is 1. The van der Waals surface area contributed by atoms with Crippen LogP contribution in [0.15, 0.2) is 48.5 Å². The molecule has 0 aliphatic carbocycles. The van der Waals surface area contributed by atoms with Gasteiger partial charge in [0.15, 0.2) is 6.61 Å². The molecule has 0 unspecified atom stereocenters. The van der Waals surface area contributed by atoms with Crippen LogP contribution in [0.4, 0.5) is 0 Å². The monoisotopic (exact) mass is 428 g/mol. The van der Waals surface area contributed by atoms with E-state index < -0.39 is 6.04 Å². The molecule has 168 valence electrons. The first-order chi connectivity index (χ1) is 15.0. The number of nitrogens with one attached hydrogen (secondary N) is 1. The van der Waals surface area contributed by atoms with Gasteiger partial charge >= 0.3 is 0 Å². The van der Waals surface area contributed by atoms with Crippen molar-refractivity contribution >= 4 is 11.8 Å². The molecule has 0 saturated carbocycles. The van der Waals surface area contributed by atoms with Gasteiger partial charge in [-0.2, -0.15) is 0 Å². The zero-order chi connectivity index (χ0) is 22.6. The molecular weight excluding hydrogens is 396 g/mol. The van der Waals surface area contributed by atoms with Crippen molar-refractivity contribution in [2.24, 2.45) is 0 Å². The van der Waals surface area contributed by atoms with E-state index >= 15 is 0 Å². The Morgan fingerprint density at radius 2 is 1.58 bits per heavy atom. The minimum atomic E-state index is -0.556. The fourth-order valence-corrected chi connectivity index (χ4v) is 3.28. The quantitative estimate of drug-likeness (QED) is 0.562. The van der Waals surface area contributed by atoms with Gasteiger partial charge in [0, 0.05) is 31.3 Å². The van der Waals surface area contributed by atoms with Crippen LogP contribution in [0.1, 0.15) is 25.8 Å². The van der Waals surface area contributed by atoms with Gasteiger partial charge in [0.2, 0.25) is 5.91 Å². The van der Waals surface area contributed by atoms with Crippen molar-refractivity contribution in [3.05, 3.63) is 54.1 Å². The molecule has 0 bridgehead atoms. The summed E-state index contributed by atoms with van der Waals surface area (Å²) in [6.07, 6.45) is 1.16. The van der Waals surface area contributed by atoms with Gasteiger partial charge in [0.05, 0.1) is 14.2 Å².